The molecule has 0 aromatic rings. The highest BCUT2D eigenvalue weighted by Gasteiger charge is 2.39. The van der Waals surface area contributed by atoms with Gasteiger partial charge in [-0.25, -0.2) is 0 Å². The van der Waals surface area contributed by atoms with Gasteiger partial charge in [-0.2, -0.15) is 0 Å². The van der Waals surface area contributed by atoms with Crippen molar-refractivity contribution >= 4 is 0 Å². The summed E-state index contributed by atoms with van der Waals surface area (Å²) < 4.78 is 0. The molecule has 2 heteroatoms. The molecule has 18 heavy (non-hydrogen) atoms. The van der Waals surface area contributed by atoms with E-state index in [0.29, 0.717) is 11.6 Å². The minimum atomic E-state index is 0.339. The lowest BCUT2D eigenvalue weighted by Gasteiger charge is -2.52. The molecule has 2 rings (SSSR count). The first-order valence-electron chi connectivity index (χ1n) is 8.04. The van der Waals surface area contributed by atoms with Crippen LogP contribution < -0.4 is 5.32 Å². The maximum Gasteiger partial charge on any atom is 0.0281 e. The van der Waals surface area contributed by atoms with Crippen LogP contribution in [0.25, 0.3) is 0 Å². The molecular formula is C16H32N2. The molecule has 106 valence electrons. The highest BCUT2D eigenvalue weighted by Crippen LogP contribution is 2.31. The van der Waals surface area contributed by atoms with Gasteiger partial charge < -0.3 is 5.32 Å². The van der Waals surface area contributed by atoms with E-state index < -0.39 is 0 Å². The largest absolute Gasteiger partial charge is 0.311 e. The summed E-state index contributed by atoms with van der Waals surface area (Å²) in [6.07, 6.45) is 8.49. The molecule has 1 saturated carbocycles. The second kappa shape index (κ2) is 5.92. The molecule has 2 fully saturated rings. The van der Waals surface area contributed by atoms with Gasteiger partial charge in [0.05, 0.1) is 0 Å². The highest BCUT2D eigenvalue weighted by atomic mass is 15.3. The van der Waals surface area contributed by atoms with Gasteiger partial charge in [-0.1, -0.05) is 39.5 Å². The molecule has 0 bridgehead atoms. The average Bonchev–Trinajstić information content (AvgIpc) is 2.38. The van der Waals surface area contributed by atoms with Gasteiger partial charge in [0, 0.05) is 30.7 Å². The Morgan fingerprint density at radius 1 is 1.22 bits per heavy atom. The average molecular weight is 252 g/mol. The SMILES string of the molecule is CCC(C)C1CN(C2CCCCC2)C(C)(C)CN1. The van der Waals surface area contributed by atoms with Crippen LogP contribution in [0, 0.1) is 5.92 Å². The van der Waals surface area contributed by atoms with Gasteiger partial charge in [-0.3, -0.25) is 4.90 Å². The van der Waals surface area contributed by atoms with E-state index in [0.717, 1.165) is 18.5 Å². The summed E-state index contributed by atoms with van der Waals surface area (Å²) in [7, 11) is 0. The number of nitrogens with one attached hydrogen (secondary N) is 1. The number of nitrogens with zero attached hydrogens (tertiary/aromatic N) is 1. The van der Waals surface area contributed by atoms with Gasteiger partial charge in [0.2, 0.25) is 0 Å². The first-order valence-corrected chi connectivity index (χ1v) is 8.04. The molecule has 0 spiro atoms. The molecule has 1 heterocycles. The molecule has 1 aliphatic heterocycles. The third-order valence-corrected chi connectivity index (χ3v) is 5.31. The van der Waals surface area contributed by atoms with Gasteiger partial charge in [-0.05, 0) is 32.6 Å². The van der Waals surface area contributed by atoms with Crippen molar-refractivity contribution < 1.29 is 0 Å². The summed E-state index contributed by atoms with van der Waals surface area (Å²) in [5.74, 6) is 0.798. The molecule has 0 amide bonds. The van der Waals surface area contributed by atoms with Crippen LogP contribution in [0.2, 0.25) is 0 Å². The monoisotopic (exact) mass is 252 g/mol. The summed E-state index contributed by atoms with van der Waals surface area (Å²) in [6, 6.07) is 1.55. The van der Waals surface area contributed by atoms with Crippen LogP contribution in [0.15, 0.2) is 0 Å². The first kappa shape index (κ1) is 14.3. The molecule has 0 radical (unpaired) electrons. The predicted octanol–water partition coefficient (Wildman–Crippen LogP) is 3.42. The minimum absolute atomic E-state index is 0.339. The smallest absolute Gasteiger partial charge is 0.0281 e. The Balaban J connectivity index is 2.03. The fraction of sp³-hybridized carbons (Fsp3) is 1.00. The Morgan fingerprint density at radius 2 is 1.89 bits per heavy atom. The van der Waals surface area contributed by atoms with E-state index in [-0.39, 0.29) is 0 Å². The molecular weight excluding hydrogens is 220 g/mol. The summed E-state index contributed by atoms with van der Waals surface area (Å²) in [5, 5.41) is 3.79. The van der Waals surface area contributed by atoms with Crippen LogP contribution >= 0.6 is 0 Å². The maximum atomic E-state index is 3.79. The Hall–Kier alpha value is -0.0800. The van der Waals surface area contributed by atoms with Gasteiger partial charge in [0.15, 0.2) is 0 Å². The molecule has 0 aromatic carbocycles. The lowest BCUT2D eigenvalue weighted by Crippen LogP contribution is -2.66. The molecule has 1 aliphatic carbocycles. The van der Waals surface area contributed by atoms with Crippen molar-refractivity contribution in [2.45, 2.75) is 83.8 Å². The van der Waals surface area contributed by atoms with Crippen molar-refractivity contribution in [2.24, 2.45) is 5.92 Å². The van der Waals surface area contributed by atoms with Crippen molar-refractivity contribution in [1.29, 1.82) is 0 Å². The molecule has 2 aliphatic rings. The van der Waals surface area contributed by atoms with Crippen LogP contribution in [0.1, 0.15) is 66.2 Å². The van der Waals surface area contributed by atoms with E-state index in [1.165, 1.54) is 45.1 Å². The second-order valence-electron chi connectivity index (χ2n) is 7.13. The molecule has 1 N–H and O–H groups in total. The minimum Gasteiger partial charge on any atom is -0.311 e. The van der Waals surface area contributed by atoms with E-state index in [4.69, 9.17) is 0 Å². The van der Waals surface area contributed by atoms with E-state index >= 15 is 0 Å². The zero-order valence-corrected chi connectivity index (χ0v) is 12.8. The Bertz CT molecular complexity index is 256. The van der Waals surface area contributed by atoms with Crippen LogP contribution in [-0.2, 0) is 0 Å². The zero-order chi connectivity index (χ0) is 13.2. The molecule has 0 aromatic heterocycles. The van der Waals surface area contributed by atoms with E-state index in [1.54, 1.807) is 0 Å². The molecule has 2 nitrogen and oxygen atoms in total. The maximum absolute atomic E-state index is 3.79. The number of hydrogen-bond donors (Lipinski definition) is 1. The summed E-state index contributed by atoms with van der Waals surface area (Å²) in [5.41, 5.74) is 0.339. The number of hydrogen-bond acceptors (Lipinski definition) is 2. The van der Waals surface area contributed by atoms with Gasteiger partial charge in [0.1, 0.15) is 0 Å². The van der Waals surface area contributed by atoms with Crippen molar-refractivity contribution in [1.82, 2.24) is 10.2 Å². The molecule has 1 saturated heterocycles. The van der Waals surface area contributed by atoms with Crippen LogP contribution in [0.5, 0.6) is 0 Å². The summed E-state index contributed by atoms with van der Waals surface area (Å²) in [6.45, 7) is 12.0. The lowest BCUT2D eigenvalue weighted by atomic mass is 9.85. The predicted molar refractivity (Wildman–Crippen MR) is 78.9 cm³/mol. The van der Waals surface area contributed by atoms with Crippen molar-refractivity contribution in [2.75, 3.05) is 13.1 Å². The van der Waals surface area contributed by atoms with E-state index in [9.17, 15) is 0 Å². The number of piperazine rings is 1. The van der Waals surface area contributed by atoms with Crippen molar-refractivity contribution in [3.05, 3.63) is 0 Å². The third kappa shape index (κ3) is 3.08. The van der Waals surface area contributed by atoms with Crippen LogP contribution in [0.4, 0.5) is 0 Å². The number of rotatable bonds is 3. The zero-order valence-electron chi connectivity index (χ0n) is 12.8. The lowest BCUT2D eigenvalue weighted by molar-refractivity contribution is 0.00107. The Labute approximate surface area is 114 Å². The topological polar surface area (TPSA) is 15.3 Å². The molecule has 2 atom stereocenters. The quantitative estimate of drug-likeness (QED) is 0.828. The highest BCUT2D eigenvalue weighted by molar-refractivity contribution is 4.97. The fourth-order valence-corrected chi connectivity index (χ4v) is 3.71. The Morgan fingerprint density at radius 3 is 2.50 bits per heavy atom. The Kier molecular flexibility index (Phi) is 4.71. The van der Waals surface area contributed by atoms with Crippen molar-refractivity contribution in [3.63, 3.8) is 0 Å². The fourth-order valence-electron chi connectivity index (χ4n) is 3.71. The van der Waals surface area contributed by atoms with Gasteiger partial charge >= 0.3 is 0 Å². The van der Waals surface area contributed by atoms with E-state index in [2.05, 4.69) is 37.9 Å². The summed E-state index contributed by atoms with van der Waals surface area (Å²) in [4.78, 5) is 2.83. The molecule has 2 unspecified atom stereocenters. The van der Waals surface area contributed by atoms with Crippen LogP contribution in [0.3, 0.4) is 0 Å². The second-order valence-corrected chi connectivity index (χ2v) is 7.13. The summed E-state index contributed by atoms with van der Waals surface area (Å²) >= 11 is 0. The normalized spacial score (nSPS) is 32.3. The third-order valence-electron chi connectivity index (χ3n) is 5.31. The van der Waals surface area contributed by atoms with Gasteiger partial charge in [0.25, 0.3) is 0 Å². The van der Waals surface area contributed by atoms with Gasteiger partial charge in [-0.15, -0.1) is 0 Å². The van der Waals surface area contributed by atoms with Crippen molar-refractivity contribution in [3.8, 4) is 0 Å². The van der Waals surface area contributed by atoms with Crippen LogP contribution in [-0.4, -0.2) is 35.6 Å². The van der Waals surface area contributed by atoms with E-state index in [1.807, 2.05) is 0 Å². The first-order chi connectivity index (χ1) is 8.54. The standard InChI is InChI=1S/C16H32N2/c1-5-13(2)15-11-18(16(3,4)12-17-15)14-9-7-6-8-10-14/h13-15,17H,5-12H2,1-4H3.